The van der Waals surface area contributed by atoms with Crippen LogP contribution >= 0.6 is 11.6 Å². The lowest BCUT2D eigenvalue weighted by atomic mass is 10.2. The van der Waals surface area contributed by atoms with E-state index in [4.69, 9.17) is 11.6 Å². The van der Waals surface area contributed by atoms with Crippen molar-refractivity contribution in [1.29, 1.82) is 0 Å². The molecule has 2 aromatic carbocycles. The second kappa shape index (κ2) is 8.64. The Bertz CT molecular complexity index is 1230. The summed E-state index contributed by atoms with van der Waals surface area (Å²) in [5.41, 5.74) is -0.768. The highest BCUT2D eigenvalue weighted by molar-refractivity contribution is 7.91. The number of carbonyl (C=O) groups excluding carboxylic acids is 1. The zero-order chi connectivity index (χ0) is 22.8. The van der Waals surface area contributed by atoms with E-state index in [2.05, 4.69) is 10.3 Å². The molecule has 5 nitrogen and oxygen atoms in total. The average Bonchev–Trinajstić information content (AvgIpc) is 2.73. The van der Waals surface area contributed by atoms with Crippen LogP contribution in [0.25, 0.3) is 0 Å². The molecule has 1 amide bonds. The molecule has 0 radical (unpaired) electrons. The Morgan fingerprint density at radius 1 is 1.03 bits per heavy atom. The maximum Gasteiger partial charge on any atom is 0.416 e. The van der Waals surface area contributed by atoms with E-state index in [1.165, 1.54) is 24.3 Å². The van der Waals surface area contributed by atoms with Gasteiger partial charge < -0.3 is 5.32 Å². The normalized spacial score (nSPS) is 11.9. The topological polar surface area (TPSA) is 76.1 Å². The van der Waals surface area contributed by atoms with Crippen LogP contribution in [0, 0.1) is 5.82 Å². The van der Waals surface area contributed by atoms with Crippen LogP contribution in [0.5, 0.6) is 0 Å². The molecule has 0 saturated heterocycles. The van der Waals surface area contributed by atoms with E-state index in [-0.39, 0.29) is 27.7 Å². The van der Waals surface area contributed by atoms with E-state index in [1.54, 1.807) is 0 Å². The molecule has 3 rings (SSSR count). The molecule has 0 spiro atoms. The summed E-state index contributed by atoms with van der Waals surface area (Å²) >= 11 is 5.56. The van der Waals surface area contributed by atoms with Crippen molar-refractivity contribution in [3.8, 4) is 0 Å². The number of alkyl halides is 3. The van der Waals surface area contributed by atoms with Gasteiger partial charge in [-0.15, -0.1) is 0 Å². The van der Waals surface area contributed by atoms with Crippen molar-refractivity contribution in [3.05, 3.63) is 88.5 Å². The highest BCUT2D eigenvalue weighted by Gasteiger charge is 2.32. The molecule has 11 heteroatoms. The lowest BCUT2D eigenvalue weighted by molar-refractivity contribution is -0.137. The number of carbonyl (C=O) groups is 1. The van der Waals surface area contributed by atoms with Gasteiger partial charge in [-0.1, -0.05) is 17.7 Å². The first-order chi connectivity index (χ1) is 14.5. The van der Waals surface area contributed by atoms with Crippen molar-refractivity contribution in [1.82, 2.24) is 10.3 Å². The van der Waals surface area contributed by atoms with Gasteiger partial charge >= 0.3 is 6.18 Å². The molecule has 0 fully saturated rings. The molecule has 162 valence electrons. The highest BCUT2D eigenvalue weighted by Crippen LogP contribution is 2.31. The van der Waals surface area contributed by atoms with Gasteiger partial charge in [0.15, 0.2) is 0 Å². The number of nitrogens with one attached hydrogen (secondary N) is 1. The van der Waals surface area contributed by atoms with Gasteiger partial charge in [0.25, 0.3) is 5.91 Å². The summed E-state index contributed by atoms with van der Waals surface area (Å²) in [6, 6.07) is 9.41. The minimum absolute atomic E-state index is 0.0330. The zero-order valence-corrected chi connectivity index (χ0v) is 17.0. The molecule has 1 N–H and O–H groups in total. The molecular weight excluding hydrogens is 460 g/mol. The number of hydrogen-bond donors (Lipinski definition) is 1. The van der Waals surface area contributed by atoms with E-state index < -0.39 is 38.2 Å². The fraction of sp³-hybridized carbons (Fsp3) is 0.100. The standard InChI is InChI=1S/C20H13ClF4N2O3S/c21-17-7-4-12(8-18(17)22)19(28)27-10-14-5-6-16(11-26-14)31(29,30)15-3-1-2-13(9-15)20(23,24)25/h1-9,11H,10H2,(H,27,28). The lowest BCUT2D eigenvalue weighted by Crippen LogP contribution is -2.23. The molecular formula is C20H13ClF4N2O3S. The molecule has 0 unspecified atom stereocenters. The fourth-order valence-corrected chi connectivity index (χ4v) is 3.93. The van der Waals surface area contributed by atoms with Crippen LogP contribution in [0.1, 0.15) is 21.6 Å². The molecule has 0 aliphatic heterocycles. The average molecular weight is 473 g/mol. The monoisotopic (exact) mass is 472 g/mol. The Morgan fingerprint density at radius 2 is 1.77 bits per heavy atom. The fourth-order valence-electron chi connectivity index (χ4n) is 2.56. The lowest BCUT2D eigenvalue weighted by Gasteiger charge is -2.10. The summed E-state index contributed by atoms with van der Waals surface area (Å²) in [6.45, 7) is -0.0903. The summed E-state index contributed by atoms with van der Waals surface area (Å²) < 4.78 is 77.2. The number of pyridine rings is 1. The third-order valence-corrected chi connectivity index (χ3v) is 6.23. The van der Waals surface area contributed by atoms with Crippen LogP contribution < -0.4 is 5.32 Å². The third kappa shape index (κ3) is 5.20. The molecule has 0 saturated carbocycles. The smallest absolute Gasteiger partial charge is 0.346 e. The summed E-state index contributed by atoms with van der Waals surface area (Å²) in [5, 5.41) is 2.36. The number of sulfone groups is 1. The number of amides is 1. The number of aromatic nitrogens is 1. The minimum atomic E-state index is -4.68. The van der Waals surface area contributed by atoms with Gasteiger partial charge in [0.1, 0.15) is 5.82 Å². The van der Waals surface area contributed by atoms with Crippen molar-refractivity contribution in [2.24, 2.45) is 0 Å². The third-order valence-electron chi connectivity index (χ3n) is 4.19. The molecule has 3 aromatic rings. The van der Waals surface area contributed by atoms with Crippen LogP contribution in [0.2, 0.25) is 5.02 Å². The largest absolute Gasteiger partial charge is 0.416 e. The van der Waals surface area contributed by atoms with E-state index in [9.17, 15) is 30.8 Å². The van der Waals surface area contributed by atoms with Gasteiger partial charge in [0.05, 0.1) is 32.6 Å². The van der Waals surface area contributed by atoms with Gasteiger partial charge in [-0.25, -0.2) is 12.8 Å². The number of benzene rings is 2. The van der Waals surface area contributed by atoms with E-state index in [1.807, 2.05) is 0 Å². The first-order valence-corrected chi connectivity index (χ1v) is 10.4. The zero-order valence-electron chi connectivity index (χ0n) is 15.5. The first-order valence-electron chi connectivity index (χ1n) is 8.59. The van der Waals surface area contributed by atoms with Crippen LogP contribution in [-0.4, -0.2) is 19.3 Å². The Balaban J connectivity index is 1.73. The van der Waals surface area contributed by atoms with E-state index in [0.717, 1.165) is 30.5 Å². The molecule has 1 heterocycles. The molecule has 1 aromatic heterocycles. The predicted octanol–water partition coefficient (Wildman–Crippen LogP) is 4.66. The molecule has 0 aliphatic rings. The summed E-state index contributed by atoms with van der Waals surface area (Å²) in [7, 11) is -4.23. The Hall–Kier alpha value is -2.98. The SMILES string of the molecule is O=C(NCc1ccc(S(=O)(=O)c2cccc(C(F)(F)F)c2)cn1)c1ccc(Cl)c(F)c1. The summed E-state index contributed by atoms with van der Waals surface area (Å²) in [6.07, 6.45) is -3.70. The van der Waals surface area contributed by atoms with Crippen molar-refractivity contribution < 1.29 is 30.8 Å². The summed E-state index contributed by atoms with van der Waals surface area (Å²) in [4.78, 5) is 15.2. The molecule has 31 heavy (non-hydrogen) atoms. The second-order valence-corrected chi connectivity index (χ2v) is 8.68. The Morgan fingerprint density at radius 3 is 2.39 bits per heavy atom. The predicted molar refractivity (Wildman–Crippen MR) is 104 cm³/mol. The van der Waals surface area contributed by atoms with E-state index >= 15 is 0 Å². The number of rotatable bonds is 5. The molecule has 0 bridgehead atoms. The molecule has 0 atom stereocenters. The minimum Gasteiger partial charge on any atom is -0.346 e. The van der Waals surface area contributed by atoms with E-state index in [0.29, 0.717) is 6.07 Å². The van der Waals surface area contributed by atoms with Crippen LogP contribution in [-0.2, 0) is 22.6 Å². The number of hydrogen-bond acceptors (Lipinski definition) is 4. The van der Waals surface area contributed by atoms with Gasteiger partial charge in [-0.05, 0) is 48.5 Å². The van der Waals surface area contributed by atoms with Crippen molar-refractivity contribution in [3.63, 3.8) is 0 Å². The first kappa shape index (κ1) is 22.7. The van der Waals surface area contributed by atoms with Crippen molar-refractivity contribution in [2.45, 2.75) is 22.5 Å². The Kier molecular flexibility index (Phi) is 6.33. The van der Waals surface area contributed by atoms with Crippen molar-refractivity contribution >= 4 is 27.3 Å². The van der Waals surface area contributed by atoms with Gasteiger partial charge in [-0.2, -0.15) is 13.2 Å². The van der Waals surface area contributed by atoms with Gasteiger partial charge in [0.2, 0.25) is 9.84 Å². The van der Waals surface area contributed by atoms with Crippen LogP contribution in [0.4, 0.5) is 17.6 Å². The van der Waals surface area contributed by atoms with Crippen LogP contribution in [0.15, 0.2) is 70.6 Å². The van der Waals surface area contributed by atoms with Gasteiger partial charge in [-0.3, -0.25) is 9.78 Å². The van der Waals surface area contributed by atoms with Gasteiger partial charge in [0, 0.05) is 11.8 Å². The Labute approximate surface area is 179 Å². The summed E-state index contributed by atoms with van der Waals surface area (Å²) in [5.74, 6) is -1.35. The number of halogens is 5. The second-order valence-electron chi connectivity index (χ2n) is 6.33. The highest BCUT2D eigenvalue weighted by atomic mass is 35.5. The van der Waals surface area contributed by atoms with Crippen molar-refractivity contribution in [2.75, 3.05) is 0 Å². The maximum absolute atomic E-state index is 13.4. The maximum atomic E-state index is 13.4. The van der Waals surface area contributed by atoms with Crippen LogP contribution in [0.3, 0.4) is 0 Å². The molecule has 0 aliphatic carbocycles. The quantitative estimate of drug-likeness (QED) is 0.548. The number of nitrogens with zero attached hydrogens (tertiary/aromatic N) is 1.